The molecule has 0 aromatic heterocycles. The zero-order valence-corrected chi connectivity index (χ0v) is 17.5. The van der Waals surface area contributed by atoms with E-state index in [1.165, 1.54) is 6.92 Å². The SMILES string of the molecule is COc1ccc(OCCN(CCC(=O)Nc2ccc(N(C)C)cc2)C(C)=O)cc1. The number of carbonyl (C=O) groups excluding carboxylic acids is 2. The molecule has 1 N–H and O–H groups in total. The van der Waals surface area contributed by atoms with Gasteiger partial charge in [-0.05, 0) is 48.5 Å². The normalized spacial score (nSPS) is 10.2. The van der Waals surface area contributed by atoms with Crippen LogP contribution in [0.4, 0.5) is 11.4 Å². The van der Waals surface area contributed by atoms with Crippen LogP contribution >= 0.6 is 0 Å². The van der Waals surface area contributed by atoms with Crippen molar-refractivity contribution < 1.29 is 19.1 Å². The summed E-state index contributed by atoms with van der Waals surface area (Å²) in [6, 6.07) is 14.8. The summed E-state index contributed by atoms with van der Waals surface area (Å²) in [4.78, 5) is 27.7. The van der Waals surface area contributed by atoms with Gasteiger partial charge in [0, 0.05) is 45.4 Å². The van der Waals surface area contributed by atoms with Crippen LogP contribution in [0, 0.1) is 0 Å². The van der Waals surface area contributed by atoms with E-state index in [2.05, 4.69) is 5.32 Å². The summed E-state index contributed by atoms with van der Waals surface area (Å²) >= 11 is 0. The molecule has 2 amide bonds. The molecule has 0 aliphatic rings. The Morgan fingerprint density at radius 3 is 2.10 bits per heavy atom. The van der Waals surface area contributed by atoms with E-state index in [1.807, 2.05) is 67.5 Å². The number of nitrogens with zero attached hydrogens (tertiary/aromatic N) is 2. The van der Waals surface area contributed by atoms with Crippen LogP contribution in [0.3, 0.4) is 0 Å². The van der Waals surface area contributed by atoms with Gasteiger partial charge in [-0.15, -0.1) is 0 Å². The van der Waals surface area contributed by atoms with Crippen molar-refractivity contribution >= 4 is 23.2 Å². The summed E-state index contributed by atoms with van der Waals surface area (Å²) in [6.07, 6.45) is 0.220. The Bertz CT molecular complexity index is 789. The van der Waals surface area contributed by atoms with Gasteiger partial charge in [-0.1, -0.05) is 0 Å². The fourth-order valence-electron chi connectivity index (χ4n) is 2.68. The molecule has 0 bridgehead atoms. The quantitative estimate of drug-likeness (QED) is 0.665. The number of methoxy groups -OCH3 is 1. The van der Waals surface area contributed by atoms with E-state index in [4.69, 9.17) is 9.47 Å². The molecule has 0 fully saturated rings. The van der Waals surface area contributed by atoms with E-state index < -0.39 is 0 Å². The third-order valence-corrected chi connectivity index (χ3v) is 4.41. The number of rotatable bonds is 10. The molecular formula is C22H29N3O4. The van der Waals surface area contributed by atoms with Crippen LogP contribution in [0.25, 0.3) is 0 Å². The monoisotopic (exact) mass is 399 g/mol. The topological polar surface area (TPSA) is 71.1 Å². The first-order chi connectivity index (χ1) is 13.9. The van der Waals surface area contributed by atoms with Crippen LogP contribution in [0.15, 0.2) is 48.5 Å². The molecule has 0 saturated heterocycles. The molecule has 0 radical (unpaired) electrons. The van der Waals surface area contributed by atoms with Crippen molar-refractivity contribution in [2.45, 2.75) is 13.3 Å². The van der Waals surface area contributed by atoms with Gasteiger partial charge < -0.3 is 24.6 Å². The number of amides is 2. The molecule has 0 saturated carbocycles. The van der Waals surface area contributed by atoms with Gasteiger partial charge in [-0.25, -0.2) is 0 Å². The largest absolute Gasteiger partial charge is 0.497 e. The van der Waals surface area contributed by atoms with Gasteiger partial charge in [-0.3, -0.25) is 9.59 Å². The number of hydrogen-bond donors (Lipinski definition) is 1. The lowest BCUT2D eigenvalue weighted by atomic mass is 10.2. The van der Waals surface area contributed by atoms with E-state index in [1.54, 1.807) is 12.0 Å². The van der Waals surface area contributed by atoms with Gasteiger partial charge in [0.2, 0.25) is 11.8 Å². The minimum absolute atomic E-state index is 0.0912. The third-order valence-electron chi connectivity index (χ3n) is 4.41. The molecule has 156 valence electrons. The maximum absolute atomic E-state index is 12.2. The number of benzene rings is 2. The van der Waals surface area contributed by atoms with E-state index in [-0.39, 0.29) is 18.2 Å². The second kappa shape index (κ2) is 10.9. The van der Waals surface area contributed by atoms with Crippen molar-refractivity contribution in [1.82, 2.24) is 4.90 Å². The van der Waals surface area contributed by atoms with Crippen molar-refractivity contribution in [3.8, 4) is 11.5 Å². The first-order valence-corrected chi connectivity index (χ1v) is 9.48. The minimum atomic E-state index is -0.134. The van der Waals surface area contributed by atoms with Crippen LogP contribution < -0.4 is 19.7 Å². The second-order valence-electron chi connectivity index (χ2n) is 6.77. The standard InChI is InChI=1S/C22H29N3O4/c1-17(26)25(15-16-29-21-11-9-20(28-4)10-12-21)14-13-22(27)23-18-5-7-19(8-6-18)24(2)3/h5-12H,13-16H2,1-4H3,(H,23,27). The summed E-state index contributed by atoms with van der Waals surface area (Å²) in [6.45, 7) is 2.58. The average Bonchev–Trinajstić information content (AvgIpc) is 2.71. The van der Waals surface area contributed by atoms with Gasteiger partial charge in [0.25, 0.3) is 0 Å². The second-order valence-corrected chi connectivity index (χ2v) is 6.77. The molecule has 2 aromatic rings. The maximum atomic E-state index is 12.2. The number of anilines is 2. The van der Waals surface area contributed by atoms with Gasteiger partial charge in [0.15, 0.2) is 0 Å². The van der Waals surface area contributed by atoms with E-state index in [0.717, 1.165) is 17.1 Å². The zero-order valence-electron chi connectivity index (χ0n) is 17.5. The lowest BCUT2D eigenvalue weighted by molar-refractivity contribution is -0.129. The Kier molecular flexibility index (Phi) is 8.33. The third kappa shape index (κ3) is 7.37. The maximum Gasteiger partial charge on any atom is 0.226 e. The van der Waals surface area contributed by atoms with Crippen LogP contribution in [0.2, 0.25) is 0 Å². The molecule has 0 heterocycles. The molecule has 0 spiro atoms. The molecule has 7 nitrogen and oxygen atoms in total. The highest BCUT2D eigenvalue weighted by Crippen LogP contribution is 2.17. The Hall–Kier alpha value is -3.22. The molecular weight excluding hydrogens is 370 g/mol. The van der Waals surface area contributed by atoms with Crippen molar-refractivity contribution in [2.75, 3.05) is 51.1 Å². The van der Waals surface area contributed by atoms with Gasteiger partial charge in [0.05, 0.1) is 13.7 Å². The van der Waals surface area contributed by atoms with Crippen LogP contribution in [-0.2, 0) is 9.59 Å². The highest BCUT2D eigenvalue weighted by atomic mass is 16.5. The molecule has 0 aliphatic heterocycles. The predicted molar refractivity (Wildman–Crippen MR) is 115 cm³/mol. The fraction of sp³-hybridized carbons (Fsp3) is 0.364. The summed E-state index contributed by atoms with van der Waals surface area (Å²) in [5, 5.41) is 2.86. The number of hydrogen-bond acceptors (Lipinski definition) is 5. The van der Waals surface area contributed by atoms with E-state index >= 15 is 0 Å². The fourth-order valence-corrected chi connectivity index (χ4v) is 2.68. The molecule has 2 aromatic carbocycles. The number of carbonyl (C=O) groups is 2. The van der Waals surface area contributed by atoms with Crippen LogP contribution in [0.1, 0.15) is 13.3 Å². The summed E-state index contributed by atoms with van der Waals surface area (Å²) in [7, 11) is 5.53. The predicted octanol–water partition coefficient (Wildman–Crippen LogP) is 3.02. The Morgan fingerprint density at radius 2 is 1.55 bits per heavy atom. The molecule has 7 heteroatoms. The van der Waals surface area contributed by atoms with Gasteiger partial charge >= 0.3 is 0 Å². The highest BCUT2D eigenvalue weighted by Gasteiger charge is 2.12. The first kappa shape index (κ1) is 22.1. The van der Waals surface area contributed by atoms with Gasteiger partial charge in [-0.2, -0.15) is 0 Å². The Labute approximate surface area is 172 Å². The lowest BCUT2D eigenvalue weighted by Crippen LogP contribution is -2.35. The molecule has 0 aliphatic carbocycles. The molecule has 29 heavy (non-hydrogen) atoms. The molecule has 2 rings (SSSR count). The zero-order chi connectivity index (χ0) is 21.2. The van der Waals surface area contributed by atoms with E-state index in [0.29, 0.717) is 25.4 Å². The number of nitrogens with one attached hydrogen (secondary N) is 1. The van der Waals surface area contributed by atoms with Crippen molar-refractivity contribution in [2.24, 2.45) is 0 Å². The first-order valence-electron chi connectivity index (χ1n) is 9.48. The minimum Gasteiger partial charge on any atom is -0.497 e. The van der Waals surface area contributed by atoms with Crippen molar-refractivity contribution in [3.05, 3.63) is 48.5 Å². The summed E-state index contributed by atoms with van der Waals surface area (Å²) in [5.74, 6) is 1.23. The average molecular weight is 399 g/mol. The molecule has 0 atom stereocenters. The number of ether oxygens (including phenoxy) is 2. The van der Waals surface area contributed by atoms with Crippen LogP contribution in [-0.4, -0.2) is 57.6 Å². The molecule has 0 unspecified atom stereocenters. The van der Waals surface area contributed by atoms with Gasteiger partial charge in [0.1, 0.15) is 18.1 Å². The van der Waals surface area contributed by atoms with Crippen LogP contribution in [0.5, 0.6) is 11.5 Å². The Balaban J connectivity index is 1.77. The highest BCUT2D eigenvalue weighted by molar-refractivity contribution is 5.91. The Morgan fingerprint density at radius 1 is 0.931 bits per heavy atom. The smallest absolute Gasteiger partial charge is 0.226 e. The van der Waals surface area contributed by atoms with E-state index in [9.17, 15) is 9.59 Å². The van der Waals surface area contributed by atoms with Crippen molar-refractivity contribution in [3.63, 3.8) is 0 Å². The summed E-state index contributed by atoms with van der Waals surface area (Å²) in [5.41, 5.74) is 1.79. The summed E-state index contributed by atoms with van der Waals surface area (Å²) < 4.78 is 10.8. The van der Waals surface area contributed by atoms with Crippen molar-refractivity contribution in [1.29, 1.82) is 0 Å². The lowest BCUT2D eigenvalue weighted by Gasteiger charge is -2.21.